The number of carbonyl (C=O) groups excluding carboxylic acids is 1. The Kier molecular flexibility index (Phi) is 6.17. The number of rotatable bonds is 7. The average molecular weight is 456 g/mol. The molecule has 0 aliphatic rings. The molecule has 2 heterocycles. The van der Waals surface area contributed by atoms with Crippen molar-refractivity contribution in [3.05, 3.63) is 65.5 Å². The number of hydrogen-bond acceptors (Lipinski definition) is 6. The standard InChI is InChI=1S/C18H15F3N4O3S2/c1-25-9-13(24-30(27,28)17-11(19)4-3-5-12(17)20)15(21)16(25)14(26)8-10-6-7-22-18(23-10)29-2/h3-7,9,24H,8H2,1-2H3. The van der Waals surface area contributed by atoms with E-state index in [4.69, 9.17) is 0 Å². The van der Waals surface area contributed by atoms with Crippen molar-refractivity contribution in [3.63, 3.8) is 0 Å². The van der Waals surface area contributed by atoms with Gasteiger partial charge in [0.2, 0.25) is 0 Å². The van der Waals surface area contributed by atoms with Crippen LogP contribution in [0.4, 0.5) is 18.9 Å². The summed E-state index contributed by atoms with van der Waals surface area (Å²) in [6, 6.07) is 4.03. The van der Waals surface area contributed by atoms with Gasteiger partial charge in [0.25, 0.3) is 10.0 Å². The first kappa shape index (κ1) is 21.8. The molecule has 158 valence electrons. The van der Waals surface area contributed by atoms with E-state index in [0.29, 0.717) is 10.9 Å². The van der Waals surface area contributed by atoms with Crippen molar-refractivity contribution in [2.75, 3.05) is 11.0 Å². The molecule has 3 aromatic rings. The maximum Gasteiger partial charge on any atom is 0.267 e. The summed E-state index contributed by atoms with van der Waals surface area (Å²) in [6.45, 7) is 0. The van der Waals surface area contributed by atoms with Crippen LogP contribution in [0.3, 0.4) is 0 Å². The van der Waals surface area contributed by atoms with Gasteiger partial charge < -0.3 is 4.57 Å². The van der Waals surface area contributed by atoms with Crippen molar-refractivity contribution in [1.29, 1.82) is 0 Å². The van der Waals surface area contributed by atoms with E-state index in [0.717, 1.165) is 29.0 Å². The van der Waals surface area contributed by atoms with Gasteiger partial charge in [-0.1, -0.05) is 17.8 Å². The molecule has 2 aromatic heterocycles. The Morgan fingerprint density at radius 1 is 1.20 bits per heavy atom. The topological polar surface area (TPSA) is 94.0 Å². The molecule has 0 bridgehead atoms. The first-order chi connectivity index (χ1) is 14.1. The molecule has 0 amide bonds. The van der Waals surface area contributed by atoms with E-state index in [9.17, 15) is 26.4 Å². The number of aryl methyl sites for hydroxylation is 1. The lowest BCUT2D eigenvalue weighted by molar-refractivity contribution is 0.0980. The molecule has 7 nitrogen and oxygen atoms in total. The number of sulfonamides is 1. The minimum absolute atomic E-state index is 0.251. The Balaban J connectivity index is 1.91. The predicted molar refractivity (Wildman–Crippen MR) is 104 cm³/mol. The maximum absolute atomic E-state index is 14.8. The number of thioether (sulfide) groups is 1. The molecular formula is C18H15F3N4O3S2. The fraction of sp³-hybridized carbons (Fsp3) is 0.167. The summed E-state index contributed by atoms with van der Waals surface area (Å²) in [5.74, 6) is -4.49. The highest BCUT2D eigenvalue weighted by atomic mass is 32.2. The van der Waals surface area contributed by atoms with Gasteiger partial charge in [0.1, 0.15) is 23.0 Å². The Bertz CT molecular complexity index is 1210. The van der Waals surface area contributed by atoms with Crippen molar-refractivity contribution in [3.8, 4) is 0 Å². The van der Waals surface area contributed by atoms with Crippen molar-refractivity contribution in [2.45, 2.75) is 16.5 Å². The molecule has 0 aliphatic carbocycles. The first-order valence-corrected chi connectivity index (χ1v) is 11.1. The Morgan fingerprint density at radius 3 is 2.50 bits per heavy atom. The monoisotopic (exact) mass is 456 g/mol. The lowest BCUT2D eigenvalue weighted by Gasteiger charge is -2.08. The summed E-state index contributed by atoms with van der Waals surface area (Å²) in [5.41, 5.74) is -0.669. The summed E-state index contributed by atoms with van der Waals surface area (Å²) in [4.78, 5) is 19.5. The lowest BCUT2D eigenvalue weighted by atomic mass is 10.1. The van der Waals surface area contributed by atoms with Crippen LogP contribution in [0.5, 0.6) is 0 Å². The molecule has 1 N–H and O–H groups in total. The molecular weight excluding hydrogens is 441 g/mol. The second-order valence-electron chi connectivity index (χ2n) is 6.11. The number of nitrogens with one attached hydrogen (secondary N) is 1. The van der Waals surface area contributed by atoms with E-state index in [1.54, 1.807) is 11.0 Å². The van der Waals surface area contributed by atoms with E-state index in [-0.39, 0.29) is 6.42 Å². The second-order valence-corrected chi connectivity index (χ2v) is 8.50. The molecule has 12 heteroatoms. The van der Waals surface area contributed by atoms with Gasteiger partial charge in [-0.05, 0) is 24.5 Å². The van der Waals surface area contributed by atoms with Crippen molar-refractivity contribution in [2.24, 2.45) is 7.05 Å². The average Bonchev–Trinajstić information content (AvgIpc) is 2.94. The molecule has 30 heavy (non-hydrogen) atoms. The van der Waals surface area contributed by atoms with E-state index in [1.165, 1.54) is 31.1 Å². The minimum Gasteiger partial charge on any atom is -0.343 e. The molecule has 0 saturated heterocycles. The second kappa shape index (κ2) is 8.48. The zero-order valence-electron chi connectivity index (χ0n) is 15.7. The Morgan fingerprint density at radius 2 is 1.87 bits per heavy atom. The van der Waals surface area contributed by atoms with Crippen LogP contribution in [0, 0.1) is 17.5 Å². The van der Waals surface area contributed by atoms with E-state index >= 15 is 0 Å². The lowest BCUT2D eigenvalue weighted by Crippen LogP contribution is -2.17. The van der Waals surface area contributed by atoms with Gasteiger partial charge in [0, 0.05) is 19.4 Å². The van der Waals surface area contributed by atoms with Crippen molar-refractivity contribution >= 4 is 33.3 Å². The Labute approximate surface area is 174 Å². The molecule has 0 fully saturated rings. The SMILES string of the molecule is CSc1nccc(CC(=O)c2c(F)c(NS(=O)(=O)c3c(F)cccc3F)cn2C)n1. The first-order valence-electron chi connectivity index (χ1n) is 8.34. The van der Waals surface area contributed by atoms with Crippen LogP contribution in [-0.4, -0.2) is 35.0 Å². The van der Waals surface area contributed by atoms with Crippen molar-refractivity contribution < 1.29 is 26.4 Å². The highest BCUT2D eigenvalue weighted by Crippen LogP contribution is 2.26. The van der Waals surface area contributed by atoms with E-state index < -0.39 is 49.5 Å². The van der Waals surface area contributed by atoms with Crippen LogP contribution in [0.25, 0.3) is 0 Å². The number of aromatic nitrogens is 3. The number of nitrogens with zero attached hydrogens (tertiary/aromatic N) is 3. The molecule has 1 aromatic carbocycles. The summed E-state index contributed by atoms with van der Waals surface area (Å²) < 4.78 is 70.2. The molecule has 0 saturated carbocycles. The number of benzene rings is 1. The number of Topliss-reactive ketones (excluding diaryl/α,β-unsaturated/α-hetero) is 1. The van der Waals surface area contributed by atoms with Gasteiger partial charge in [-0.2, -0.15) is 0 Å². The van der Waals surface area contributed by atoms with E-state index in [2.05, 4.69) is 9.97 Å². The molecule has 0 unspecified atom stereocenters. The molecule has 0 radical (unpaired) electrons. The van der Waals surface area contributed by atoms with Crippen LogP contribution >= 0.6 is 11.8 Å². The van der Waals surface area contributed by atoms with Gasteiger partial charge in [0.15, 0.2) is 21.7 Å². The number of halogens is 3. The maximum atomic E-state index is 14.8. The third kappa shape index (κ3) is 4.33. The molecule has 0 aliphatic heterocycles. The highest BCUT2D eigenvalue weighted by molar-refractivity contribution is 7.98. The summed E-state index contributed by atoms with van der Waals surface area (Å²) in [5, 5.41) is 0.438. The van der Waals surface area contributed by atoms with Gasteiger partial charge >= 0.3 is 0 Å². The molecule has 0 atom stereocenters. The van der Waals surface area contributed by atoms with Gasteiger partial charge in [0.05, 0.1) is 12.1 Å². The number of hydrogen-bond donors (Lipinski definition) is 1. The van der Waals surface area contributed by atoms with Crippen molar-refractivity contribution in [1.82, 2.24) is 14.5 Å². The van der Waals surface area contributed by atoms with Crippen LogP contribution in [0.15, 0.2) is 46.7 Å². The number of anilines is 1. The zero-order chi connectivity index (χ0) is 22.1. The predicted octanol–water partition coefficient (Wildman–Crippen LogP) is 3.18. The fourth-order valence-corrected chi connectivity index (χ4v) is 4.30. The third-order valence-electron chi connectivity index (χ3n) is 4.03. The summed E-state index contributed by atoms with van der Waals surface area (Å²) in [6.07, 6.45) is 3.98. The number of carbonyl (C=O) groups is 1. The van der Waals surface area contributed by atoms with E-state index in [1.807, 2.05) is 0 Å². The molecule has 3 rings (SSSR count). The van der Waals surface area contributed by atoms with Crippen LogP contribution in [0.2, 0.25) is 0 Å². The number of ketones is 1. The third-order valence-corrected chi connectivity index (χ3v) is 6.01. The highest BCUT2D eigenvalue weighted by Gasteiger charge is 2.28. The van der Waals surface area contributed by atoms with Gasteiger partial charge in [-0.3, -0.25) is 9.52 Å². The summed E-state index contributed by atoms with van der Waals surface area (Å²) >= 11 is 1.27. The van der Waals surface area contributed by atoms with Crippen LogP contribution in [0.1, 0.15) is 16.2 Å². The smallest absolute Gasteiger partial charge is 0.267 e. The normalized spacial score (nSPS) is 11.5. The largest absolute Gasteiger partial charge is 0.343 e. The Hall–Kier alpha value is -2.86. The zero-order valence-corrected chi connectivity index (χ0v) is 17.3. The van der Waals surface area contributed by atoms with Gasteiger partial charge in [-0.15, -0.1) is 0 Å². The van der Waals surface area contributed by atoms with Crippen LogP contribution < -0.4 is 4.72 Å². The minimum atomic E-state index is -4.78. The fourth-order valence-electron chi connectivity index (χ4n) is 2.74. The molecule has 0 spiro atoms. The summed E-state index contributed by atoms with van der Waals surface area (Å²) in [7, 11) is -3.44. The van der Waals surface area contributed by atoms with Gasteiger partial charge in [-0.25, -0.2) is 31.6 Å². The van der Waals surface area contributed by atoms with Crippen LogP contribution in [-0.2, 0) is 23.5 Å². The quantitative estimate of drug-likeness (QED) is 0.333.